The average Bonchev–Trinajstić information content (AvgIpc) is 3.10. The summed E-state index contributed by atoms with van der Waals surface area (Å²) < 4.78 is 41.9. The number of hydrogen-bond donors (Lipinski definition) is 1. The molecule has 1 fully saturated rings. The molecule has 3 nitrogen and oxygen atoms in total. The van der Waals surface area contributed by atoms with Gasteiger partial charge in [-0.25, -0.2) is 0 Å². The van der Waals surface area contributed by atoms with Crippen molar-refractivity contribution in [3.8, 4) is 5.75 Å². The lowest BCUT2D eigenvalue weighted by atomic mass is 10.2. The first-order chi connectivity index (χ1) is 8.45. The quantitative estimate of drug-likeness (QED) is 0.901. The van der Waals surface area contributed by atoms with Gasteiger partial charge in [0.1, 0.15) is 5.75 Å². The van der Waals surface area contributed by atoms with E-state index < -0.39 is 11.7 Å². The molecule has 1 aromatic carbocycles. The Hall–Kier alpha value is -1.72. The van der Waals surface area contributed by atoms with E-state index >= 15 is 0 Å². The predicted molar refractivity (Wildman–Crippen MR) is 58.1 cm³/mol. The molecule has 2 rings (SSSR count). The maximum Gasteiger partial charge on any atom is 0.416 e. The lowest BCUT2D eigenvalue weighted by molar-refractivity contribution is -0.137. The van der Waals surface area contributed by atoms with E-state index in [9.17, 15) is 18.0 Å². The van der Waals surface area contributed by atoms with Gasteiger partial charge in [-0.15, -0.1) is 0 Å². The first-order valence-electron chi connectivity index (χ1n) is 5.54. The molecule has 1 N–H and O–H groups in total. The number of halogens is 3. The Morgan fingerprint density at radius 1 is 1.28 bits per heavy atom. The average molecular weight is 259 g/mol. The Labute approximate surface area is 102 Å². The molecule has 1 saturated carbocycles. The van der Waals surface area contributed by atoms with Crippen LogP contribution in [0.1, 0.15) is 18.4 Å². The van der Waals surface area contributed by atoms with Gasteiger partial charge in [-0.05, 0) is 37.1 Å². The van der Waals surface area contributed by atoms with Crippen molar-refractivity contribution in [2.45, 2.75) is 25.1 Å². The van der Waals surface area contributed by atoms with Crippen molar-refractivity contribution in [1.29, 1.82) is 0 Å². The van der Waals surface area contributed by atoms with Gasteiger partial charge in [-0.3, -0.25) is 4.79 Å². The predicted octanol–water partition coefficient (Wildman–Crippen LogP) is 2.36. The molecule has 0 heterocycles. The summed E-state index contributed by atoms with van der Waals surface area (Å²) in [6.45, 7) is -0.179. The highest BCUT2D eigenvalue weighted by molar-refractivity contribution is 5.78. The highest BCUT2D eigenvalue weighted by Crippen LogP contribution is 2.30. The number of carbonyl (C=O) groups is 1. The maximum atomic E-state index is 12.3. The summed E-state index contributed by atoms with van der Waals surface area (Å²) in [5.74, 6) is -0.00801. The zero-order valence-electron chi connectivity index (χ0n) is 9.46. The molecule has 98 valence electrons. The Kier molecular flexibility index (Phi) is 3.45. The first-order valence-corrected chi connectivity index (χ1v) is 5.54. The number of ether oxygens (including phenoxy) is 1. The molecule has 0 unspecified atom stereocenters. The summed E-state index contributed by atoms with van der Waals surface area (Å²) in [7, 11) is 0. The molecule has 0 spiro atoms. The zero-order valence-corrected chi connectivity index (χ0v) is 9.46. The Morgan fingerprint density at radius 3 is 2.39 bits per heavy atom. The summed E-state index contributed by atoms with van der Waals surface area (Å²) in [5.41, 5.74) is -0.739. The highest BCUT2D eigenvalue weighted by atomic mass is 19.4. The van der Waals surface area contributed by atoms with Crippen LogP contribution in [0, 0.1) is 0 Å². The van der Waals surface area contributed by atoms with E-state index in [1.807, 2.05) is 0 Å². The van der Waals surface area contributed by atoms with Crippen molar-refractivity contribution in [2.24, 2.45) is 0 Å². The lowest BCUT2D eigenvalue weighted by Crippen LogP contribution is -2.30. The van der Waals surface area contributed by atoms with Crippen LogP contribution >= 0.6 is 0 Å². The van der Waals surface area contributed by atoms with Crippen molar-refractivity contribution in [1.82, 2.24) is 5.32 Å². The van der Waals surface area contributed by atoms with Crippen molar-refractivity contribution in [3.63, 3.8) is 0 Å². The number of carbonyl (C=O) groups excluding carboxylic acids is 1. The molecule has 0 radical (unpaired) electrons. The van der Waals surface area contributed by atoms with E-state index in [1.165, 1.54) is 12.1 Å². The van der Waals surface area contributed by atoms with Crippen LogP contribution in [0.2, 0.25) is 0 Å². The van der Waals surface area contributed by atoms with Gasteiger partial charge in [-0.2, -0.15) is 13.2 Å². The number of amides is 1. The fourth-order valence-corrected chi connectivity index (χ4v) is 1.39. The van der Waals surface area contributed by atoms with Gasteiger partial charge in [0.05, 0.1) is 5.56 Å². The van der Waals surface area contributed by atoms with Crippen LogP contribution in [0.5, 0.6) is 5.75 Å². The number of alkyl halides is 3. The van der Waals surface area contributed by atoms with Crippen molar-refractivity contribution in [2.75, 3.05) is 6.61 Å². The first kappa shape index (κ1) is 12.7. The Morgan fingerprint density at radius 2 is 1.89 bits per heavy atom. The van der Waals surface area contributed by atoms with Crippen LogP contribution < -0.4 is 10.1 Å². The fourth-order valence-electron chi connectivity index (χ4n) is 1.39. The third-order valence-corrected chi connectivity index (χ3v) is 2.49. The molecule has 0 atom stereocenters. The number of hydrogen-bond acceptors (Lipinski definition) is 2. The second kappa shape index (κ2) is 4.88. The highest BCUT2D eigenvalue weighted by Gasteiger charge is 2.30. The molecule has 0 bridgehead atoms. The minimum absolute atomic E-state index is 0.179. The van der Waals surface area contributed by atoms with Crippen LogP contribution in [0.4, 0.5) is 13.2 Å². The van der Waals surface area contributed by atoms with Crippen LogP contribution in [0.3, 0.4) is 0 Å². The van der Waals surface area contributed by atoms with Crippen LogP contribution in [0.25, 0.3) is 0 Å². The second-order valence-electron chi connectivity index (χ2n) is 4.15. The Balaban J connectivity index is 1.84. The SMILES string of the molecule is O=C(COc1ccc(C(F)(F)F)cc1)NC1CC1. The smallest absolute Gasteiger partial charge is 0.416 e. The second-order valence-corrected chi connectivity index (χ2v) is 4.15. The molecule has 0 saturated heterocycles. The minimum atomic E-state index is -4.36. The van der Waals surface area contributed by atoms with E-state index in [0.717, 1.165) is 25.0 Å². The van der Waals surface area contributed by atoms with Crippen LogP contribution in [-0.2, 0) is 11.0 Å². The van der Waals surface area contributed by atoms with Gasteiger partial charge in [-0.1, -0.05) is 0 Å². The zero-order chi connectivity index (χ0) is 13.2. The fraction of sp³-hybridized carbons (Fsp3) is 0.417. The number of benzene rings is 1. The summed E-state index contributed by atoms with van der Waals surface area (Å²) >= 11 is 0. The van der Waals surface area contributed by atoms with Crippen molar-refractivity contribution >= 4 is 5.91 Å². The van der Waals surface area contributed by atoms with Crippen molar-refractivity contribution in [3.05, 3.63) is 29.8 Å². The van der Waals surface area contributed by atoms with Crippen molar-refractivity contribution < 1.29 is 22.7 Å². The largest absolute Gasteiger partial charge is 0.484 e. The Bertz CT molecular complexity index is 424. The molecule has 1 aliphatic carbocycles. The third-order valence-electron chi connectivity index (χ3n) is 2.49. The van der Waals surface area contributed by atoms with Gasteiger partial charge in [0, 0.05) is 6.04 Å². The van der Waals surface area contributed by atoms with E-state index in [4.69, 9.17) is 4.74 Å². The molecule has 6 heteroatoms. The number of rotatable bonds is 4. The van der Waals surface area contributed by atoms with E-state index in [1.54, 1.807) is 0 Å². The molecule has 18 heavy (non-hydrogen) atoms. The summed E-state index contributed by atoms with van der Waals surface area (Å²) in [6, 6.07) is 4.50. The lowest BCUT2D eigenvalue weighted by Gasteiger charge is -2.09. The number of nitrogens with one attached hydrogen (secondary N) is 1. The van der Waals surface area contributed by atoms with E-state index in [2.05, 4.69) is 5.32 Å². The molecular weight excluding hydrogens is 247 g/mol. The van der Waals surface area contributed by atoms with Gasteiger partial charge in [0.15, 0.2) is 6.61 Å². The van der Waals surface area contributed by atoms with Gasteiger partial charge >= 0.3 is 6.18 Å². The van der Waals surface area contributed by atoms with Gasteiger partial charge < -0.3 is 10.1 Å². The van der Waals surface area contributed by atoms with Gasteiger partial charge in [0.2, 0.25) is 0 Å². The molecular formula is C12H12F3NO2. The van der Waals surface area contributed by atoms with E-state index in [0.29, 0.717) is 0 Å². The van der Waals surface area contributed by atoms with Crippen LogP contribution in [0.15, 0.2) is 24.3 Å². The minimum Gasteiger partial charge on any atom is -0.484 e. The molecule has 0 aromatic heterocycles. The molecule has 0 aliphatic heterocycles. The van der Waals surface area contributed by atoms with Gasteiger partial charge in [0.25, 0.3) is 5.91 Å². The molecule has 1 aliphatic rings. The third kappa shape index (κ3) is 3.65. The topological polar surface area (TPSA) is 38.3 Å². The maximum absolute atomic E-state index is 12.3. The summed E-state index contributed by atoms with van der Waals surface area (Å²) in [6.07, 6.45) is -2.40. The standard InChI is InChI=1S/C12H12F3NO2/c13-12(14,15)8-1-5-10(6-2-8)18-7-11(17)16-9-3-4-9/h1-2,5-6,9H,3-4,7H2,(H,16,17). The monoisotopic (exact) mass is 259 g/mol. The summed E-state index contributed by atoms with van der Waals surface area (Å²) in [5, 5.41) is 2.72. The normalized spacial score (nSPS) is 15.3. The molecule has 1 amide bonds. The summed E-state index contributed by atoms with van der Waals surface area (Å²) in [4.78, 5) is 11.3. The van der Waals surface area contributed by atoms with E-state index in [-0.39, 0.29) is 24.3 Å². The molecule has 1 aromatic rings. The van der Waals surface area contributed by atoms with Crippen LogP contribution in [-0.4, -0.2) is 18.6 Å².